The van der Waals surface area contributed by atoms with E-state index in [0.717, 1.165) is 5.82 Å². The van der Waals surface area contributed by atoms with Gasteiger partial charge in [0.25, 0.3) is 5.91 Å². The molecule has 1 aromatic carbocycles. The van der Waals surface area contributed by atoms with Crippen molar-refractivity contribution in [2.75, 3.05) is 19.6 Å². The van der Waals surface area contributed by atoms with Crippen LogP contribution in [0.1, 0.15) is 22.2 Å². The van der Waals surface area contributed by atoms with Gasteiger partial charge in [-0.2, -0.15) is 0 Å². The number of nitrogens with one attached hydrogen (secondary N) is 2. The van der Waals surface area contributed by atoms with Crippen molar-refractivity contribution in [2.24, 2.45) is 7.05 Å². The van der Waals surface area contributed by atoms with E-state index in [0.29, 0.717) is 30.7 Å². The van der Waals surface area contributed by atoms with E-state index in [1.165, 1.54) is 18.5 Å². The number of imidazole rings is 2. The highest BCUT2D eigenvalue weighted by molar-refractivity contribution is 6.05. The number of carbonyl (C=O) groups excluding carboxylic acids is 1. The molecule has 2 aromatic heterocycles. The Morgan fingerprint density at radius 2 is 2.12 bits per heavy atom. The molecule has 1 amide bonds. The summed E-state index contributed by atoms with van der Waals surface area (Å²) in [5.74, 6) is 0.102. The lowest BCUT2D eigenvalue weighted by Gasteiger charge is -2.35. The molecule has 7 nitrogen and oxygen atoms in total. The maximum atomic E-state index is 13.9. The first-order chi connectivity index (χ1) is 11.6. The fourth-order valence-corrected chi connectivity index (χ4v) is 3.21. The van der Waals surface area contributed by atoms with Gasteiger partial charge in [-0.25, -0.2) is 14.4 Å². The van der Waals surface area contributed by atoms with Crippen molar-refractivity contribution in [3.63, 3.8) is 0 Å². The van der Waals surface area contributed by atoms with Crippen molar-refractivity contribution in [3.8, 4) is 0 Å². The predicted octanol–water partition coefficient (Wildman–Crippen LogP) is 2.07. The van der Waals surface area contributed by atoms with Gasteiger partial charge in [-0.3, -0.25) is 4.79 Å². The van der Waals surface area contributed by atoms with Crippen molar-refractivity contribution < 1.29 is 9.18 Å². The first-order valence-corrected chi connectivity index (χ1v) is 7.76. The summed E-state index contributed by atoms with van der Waals surface area (Å²) in [6, 6.07) is 2.39. The Bertz CT molecular complexity index is 911. The van der Waals surface area contributed by atoms with Gasteiger partial charge >= 0.3 is 0 Å². The number of fused-ring (bicyclic) bond motifs is 1. The maximum absolute atomic E-state index is 13.9. The van der Waals surface area contributed by atoms with Gasteiger partial charge < -0.3 is 19.8 Å². The number of H-pyrrole nitrogens is 1. The van der Waals surface area contributed by atoms with Crippen molar-refractivity contribution in [1.82, 2.24) is 29.7 Å². The van der Waals surface area contributed by atoms with E-state index in [2.05, 4.69) is 20.3 Å². The first-order valence-electron chi connectivity index (χ1n) is 7.76. The van der Waals surface area contributed by atoms with Crippen LogP contribution in [0.4, 0.5) is 4.39 Å². The maximum Gasteiger partial charge on any atom is 0.256 e. The van der Waals surface area contributed by atoms with Crippen LogP contribution in [0, 0.1) is 5.82 Å². The summed E-state index contributed by atoms with van der Waals surface area (Å²) in [6.45, 7) is 1.82. The molecule has 0 spiro atoms. The smallest absolute Gasteiger partial charge is 0.256 e. The highest BCUT2D eigenvalue weighted by Crippen LogP contribution is 2.25. The number of aromatic amines is 1. The van der Waals surface area contributed by atoms with Crippen LogP contribution in [0.25, 0.3) is 11.0 Å². The van der Waals surface area contributed by atoms with Crippen molar-refractivity contribution in [1.29, 1.82) is 0 Å². The van der Waals surface area contributed by atoms with Gasteiger partial charge in [0.2, 0.25) is 0 Å². The number of aromatic nitrogens is 4. The highest BCUT2D eigenvalue weighted by atomic mass is 35.5. The average molecular weight is 401 g/mol. The quantitative estimate of drug-likeness (QED) is 0.689. The zero-order chi connectivity index (χ0) is 16.7. The minimum Gasteiger partial charge on any atom is -0.344 e. The molecule has 0 radical (unpaired) electrons. The number of hydrogen-bond donors (Lipinski definition) is 2. The van der Waals surface area contributed by atoms with Crippen LogP contribution in [-0.2, 0) is 7.05 Å². The molecule has 3 heterocycles. The van der Waals surface area contributed by atoms with Crippen LogP contribution in [0.5, 0.6) is 0 Å². The molecule has 1 atom stereocenters. The molecule has 0 bridgehead atoms. The summed E-state index contributed by atoms with van der Waals surface area (Å²) in [5, 5.41) is 3.29. The number of nitrogens with zero attached hydrogens (tertiary/aromatic N) is 4. The number of aryl methyl sites for hydroxylation is 1. The van der Waals surface area contributed by atoms with E-state index in [4.69, 9.17) is 0 Å². The molecule has 140 valence electrons. The second-order valence-electron chi connectivity index (χ2n) is 5.87. The second kappa shape index (κ2) is 8.03. The van der Waals surface area contributed by atoms with Crippen molar-refractivity contribution in [3.05, 3.63) is 48.1 Å². The summed E-state index contributed by atoms with van der Waals surface area (Å²) in [5.41, 5.74) is 1.27. The summed E-state index contributed by atoms with van der Waals surface area (Å²) in [7, 11) is 1.90. The lowest BCUT2D eigenvalue weighted by molar-refractivity contribution is 0.0622. The number of rotatable bonds is 2. The van der Waals surface area contributed by atoms with E-state index in [1.54, 1.807) is 11.1 Å². The number of amides is 1. The van der Waals surface area contributed by atoms with Crippen LogP contribution >= 0.6 is 24.8 Å². The Hall–Kier alpha value is -2.16. The first kappa shape index (κ1) is 20.2. The van der Waals surface area contributed by atoms with Gasteiger partial charge in [0, 0.05) is 39.1 Å². The van der Waals surface area contributed by atoms with E-state index < -0.39 is 5.82 Å². The van der Waals surface area contributed by atoms with Crippen LogP contribution in [0.3, 0.4) is 0 Å². The molecule has 1 fully saturated rings. The molecule has 26 heavy (non-hydrogen) atoms. The Labute approximate surface area is 161 Å². The third kappa shape index (κ3) is 3.40. The largest absolute Gasteiger partial charge is 0.344 e. The molecule has 3 aromatic rings. The number of piperazine rings is 1. The van der Waals surface area contributed by atoms with Gasteiger partial charge in [-0.05, 0) is 12.1 Å². The molecule has 1 unspecified atom stereocenters. The van der Waals surface area contributed by atoms with Crippen LogP contribution in [0.2, 0.25) is 0 Å². The minimum absolute atomic E-state index is 0. The van der Waals surface area contributed by atoms with E-state index in [-0.39, 0.29) is 42.3 Å². The fourth-order valence-electron chi connectivity index (χ4n) is 3.21. The van der Waals surface area contributed by atoms with E-state index in [1.807, 2.05) is 17.8 Å². The van der Waals surface area contributed by atoms with Gasteiger partial charge in [-0.15, -0.1) is 24.8 Å². The lowest BCUT2D eigenvalue weighted by atomic mass is 10.1. The molecular weight excluding hydrogens is 382 g/mol. The summed E-state index contributed by atoms with van der Waals surface area (Å²) in [6.07, 6.45) is 5.02. The topological polar surface area (TPSA) is 78.8 Å². The molecule has 4 rings (SSSR count). The predicted molar refractivity (Wildman–Crippen MR) is 100 cm³/mol. The monoisotopic (exact) mass is 400 g/mol. The molecule has 10 heteroatoms. The van der Waals surface area contributed by atoms with Crippen LogP contribution in [0.15, 0.2) is 30.9 Å². The normalized spacial score (nSPS) is 16.8. The second-order valence-corrected chi connectivity index (χ2v) is 5.87. The summed E-state index contributed by atoms with van der Waals surface area (Å²) < 4.78 is 15.8. The number of benzene rings is 1. The third-order valence-corrected chi connectivity index (χ3v) is 4.38. The van der Waals surface area contributed by atoms with Crippen LogP contribution < -0.4 is 5.32 Å². The Morgan fingerprint density at radius 1 is 1.31 bits per heavy atom. The summed E-state index contributed by atoms with van der Waals surface area (Å²) >= 11 is 0. The number of halogens is 3. The van der Waals surface area contributed by atoms with Crippen molar-refractivity contribution >= 4 is 41.8 Å². The minimum atomic E-state index is -0.459. The Morgan fingerprint density at radius 3 is 2.85 bits per heavy atom. The molecule has 1 saturated heterocycles. The third-order valence-electron chi connectivity index (χ3n) is 4.38. The van der Waals surface area contributed by atoms with Gasteiger partial charge in [0.1, 0.15) is 23.2 Å². The van der Waals surface area contributed by atoms with Gasteiger partial charge in [-0.1, -0.05) is 0 Å². The lowest BCUT2D eigenvalue weighted by Crippen LogP contribution is -2.49. The number of carbonyl (C=O) groups is 1. The molecule has 0 aliphatic carbocycles. The highest BCUT2D eigenvalue weighted by Gasteiger charge is 2.32. The zero-order valence-electron chi connectivity index (χ0n) is 14.0. The fraction of sp³-hybridized carbons (Fsp3) is 0.312. The molecular formula is C16H19Cl2FN6O. The number of hydrogen-bond acceptors (Lipinski definition) is 4. The molecule has 2 N–H and O–H groups in total. The van der Waals surface area contributed by atoms with Gasteiger partial charge in [0.15, 0.2) is 0 Å². The Balaban J connectivity index is 0.00000121. The molecule has 1 aliphatic rings. The van der Waals surface area contributed by atoms with Gasteiger partial charge in [0.05, 0.1) is 17.4 Å². The molecule has 0 saturated carbocycles. The Kier molecular flexibility index (Phi) is 6.22. The SMILES string of the molecule is Cl.Cl.Cn1ccnc1C1CNCCN1C(=O)c1cc(F)cc2[nH]cnc12. The van der Waals surface area contributed by atoms with E-state index in [9.17, 15) is 9.18 Å². The van der Waals surface area contributed by atoms with Crippen molar-refractivity contribution in [2.45, 2.75) is 6.04 Å². The average Bonchev–Trinajstić information content (AvgIpc) is 3.22. The molecule has 1 aliphatic heterocycles. The standard InChI is InChI=1S/C16H17FN6O.2ClH/c1-22-4-3-19-15(22)13-8-18-2-5-23(13)16(24)11-6-10(17)7-12-14(11)21-9-20-12;;/h3-4,6-7,9,13,18H,2,5,8H2,1H3,(H,20,21);2*1H. The zero-order valence-corrected chi connectivity index (χ0v) is 15.6. The summed E-state index contributed by atoms with van der Waals surface area (Å²) in [4.78, 5) is 26.3. The van der Waals surface area contributed by atoms with E-state index >= 15 is 0 Å². The van der Waals surface area contributed by atoms with Crippen LogP contribution in [-0.4, -0.2) is 50.0 Å².